The maximum atomic E-state index is 6.01. The molecule has 2 N–H and O–H groups in total. The minimum Gasteiger partial charge on any atom is -0.399 e. The molecule has 1 fully saturated rings. The molecule has 1 atom stereocenters. The molecule has 1 aliphatic rings. The van der Waals surface area contributed by atoms with Crippen molar-refractivity contribution in [2.45, 2.75) is 39.2 Å². The third-order valence-corrected chi connectivity index (χ3v) is 3.66. The Labute approximate surface area is 110 Å². The minimum atomic E-state index is -0.128. The van der Waals surface area contributed by atoms with Gasteiger partial charge in [-0.25, -0.2) is 0 Å². The third-order valence-electron chi connectivity index (χ3n) is 3.66. The number of hydrogen-bond acceptors (Lipinski definition) is 2. The second-order valence-corrected chi connectivity index (χ2v) is 6.27. The standard InChI is InChI=1S/C16H23NO/c1-15(2)10-11-16(3,18-12-15)9-8-13-4-6-14(17)7-5-13/h4-9H,10-12,17H2,1-3H3. The maximum absolute atomic E-state index is 6.01. The van der Waals surface area contributed by atoms with Gasteiger partial charge in [0.2, 0.25) is 0 Å². The van der Waals surface area contributed by atoms with Gasteiger partial charge in [-0.15, -0.1) is 0 Å². The van der Waals surface area contributed by atoms with E-state index in [1.54, 1.807) is 0 Å². The minimum absolute atomic E-state index is 0.128. The maximum Gasteiger partial charge on any atom is 0.0838 e. The van der Waals surface area contributed by atoms with Gasteiger partial charge in [-0.1, -0.05) is 38.1 Å². The van der Waals surface area contributed by atoms with Crippen LogP contribution in [0.25, 0.3) is 6.08 Å². The summed E-state index contributed by atoms with van der Waals surface area (Å²) in [7, 11) is 0. The molecule has 1 saturated heterocycles. The number of ether oxygens (including phenoxy) is 1. The highest BCUT2D eigenvalue weighted by molar-refractivity contribution is 5.54. The van der Waals surface area contributed by atoms with E-state index in [0.29, 0.717) is 5.41 Å². The highest BCUT2D eigenvalue weighted by atomic mass is 16.5. The third kappa shape index (κ3) is 3.36. The Balaban J connectivity index is 2.02. The second kappa shape index (κ2) is 4.77. The molecule has 2 heteroatoms. The smallest absolute Gasteiger partial charge is 0.0838 e. The van der Waals surface area contributed by atoms with Crippen molar-refractivity contribution in [3.8, 4) is 0 Å². The van der Waals surface area contributed by atoms with Gasteiger partial charge in [-0.05, 0) is 42.9 Å². The fraction of sp³-hybridized carbons (Fsp3) is 0.500. The van der Waals surface area contributed by atoms with Crippen molar-refractivity contribution >= 4 is 11.8 Å². The largest absolute Gasteiger partial charge is 0.399 e. The van der Waals surface area contributed by atoms with E-state index in [0.717, 1.165) is 18.7 Å². The van der Waals surface area contributed by atoms with Crippen LogP contribution in [0, 0.1) is 5.41 Å². The van der Waals surface area contributed by atoms with Gasteiger partial charge in [0.1, 0.15) is 0 Å². The summed E-state index contributed by atoms with van der Waals surface area (Å²) in [6, 6.07) is 7.91. The van der Waals surface area contributed by atoms with E-state index in [1.165, 1.54) is 12.0 Å². The Morgan fingerprint density at radius 1 is 1.11 bits per heavy atom. The van der Waals surface area contributed by atoms with E-state index in [4.69, 9.17) is 10.5 Å². The lowest BCUT2D eigenvalue weighted by atomic mass is 9.81. The van der Waals surface area contributed by atoms with Crippen molar-refractivity contribution < 1.29 is 4.74 Å². The summed E-state index contributed by atoms with van der Waals surface area (Å²) in [5.74, 6) is 0. The molecular formula is C16H23NO. The summed E-state index contributed by atoms with van der Waals surface area (Å²) in [4.78, 5) is 0. The lowest BCUT2D eigenvalue weighted by Gasteiger charge is -2.40. The lowest BCUT2D eigenvalue weighted by Crippen LogP contribution is -2.38. The summed E-state index contributed by atoms with van der Waals surface area (Å²) in [5.41, 5.74) is 7.82. The average Bonchev–Trinajstić information content (AvgIpc) is 2.33. The summed E-state index contributed by atoms with van der Waals surface area (Å²) >= 11 is 0. The average molecular weight is 245 g/mol. The van der Waals surface area contributed by atoms with Crippen LogP contribution in [0.15, 0.2) is 30.3 Å². The molecule has 0 bridgehead atoms. The van der Waals surface area contributed by atoms with E-state index in [-0.39, 0.29) is 5.60 Å². The molecule has 1 unspecified atom stereocenters. The van der Waals surface area contributed by atoms with Crippen LogP contribution in [-0.4, -0.2) is 12.2 Å². The molecule has 0 aliphatic carbocycles. The molecule has 2 rings (SSSR count). The monoisotopic (exact) mass is 245 g/mol. The molecule has 1 aliphatic heterocycles. The molecule has 1 aromatic rings. The van der Waals surface area contributed by atoms with E-state index in [1.807, 2.05) is 24.3 Å². The molecule has 1 heterocycles. The van der Waals surface area contributed by atoms with Crippen molar-refractivity contribution in [3.63, 3.8) is 0 Å². The summed E-state index contributed by atoms with van der Waals surface area (Å²) in [5, 5.41) is 0. The van der Waals surface area contributed by atoms with Crippen molar-refractivity contribution in [1.82, 2.24) is 0 Å². The number of nitrogen functional groups attached to an aromatic ring is 1. The number of nitrogens with two attached hydrogens (primary N) is 1. The number of anilines is 1. The lowest BCUT2D eigenvalue weighted by molar-refractivity contribution is -0.0844. The van der Waals surface area contributed by atoms with E-state index < -0.39 is 0 Å². The Kier molecular flexibility index (Phi) is 3.49. The molecular weight excluding hydrogens is 222 g/mol. The normalized spacial score (nSPS) is 27.5. The highest BCUT2D eigenvalue weighted by Crippen LogP contribution is 2.36. The zero-order valence-corrected chi connectivity index (χ0v) is 11.6. The molecule has 1 aromatic carbocycles. The Morgan fingerprint density at radius 3 is 2.33 bits per heavy atom. The first-order chi connectivity index (χ1) is 8.39. The van der Waals surface area contributed by atoms with Crippen molar-refractivity contribution in [3.05, 3.63) is 35.9 Å². The fourth-order valence-electron chi connectivity index (χ4n) is 2.10. The van der Waals surface area contributed by atoms with E-state index >= 15 is 0 Å². The topological polar surface area (TPSA) is 35.2 Å². The Hall–Kier alpha value is -1.28. The van der Waals surface area contributed by atoms with Gasteiger partial charge in [-0.3, -0.25) is 0 Å². The van der Waals surface area contributed by atoms with Crippen molar-refractivity contribution in [1.29, 1.82) is 0 Å². The first-order valence-corrected chi connectivity index (χ1v) is 6.57. The highest BCUT2D eigenvalue weighted by Gasteiger charge is 2.33. The van der Waals surface area contributed by atoms with Crippen LogP contribution in [0.1, 0.15) is 39.2 Å². The second-order valence-electron chi connectivity index (χ2n) is 6.27. The van der Waals surface area contributed by atoms with Gasteiger partial charge in [0.05, 0.1) is 12.2 Å². The predicted molar refractivity (Wildman–Crippen MR) is 77.3 cm³/mol. The van der Waals surface area contributed by atoms with Crippen LogP contribution >= 0.6 is 0 Å². The van der Waals surface area contributed by atoms with Gasteiger partial charge in [0.25, 0.3) is 0 Å². The van der Waals surface area contributed by atoms with E-state index in [2.05, 4.69) is 32.9 Å². The van der Waals surface area contributed by atoms with Gasteiger partial charge in [0, 0.05) is 5.69 Å². The summed E-state index contributed by atoms with van der Waals surface area (Å²) in [6.07, 6.45) is 6.58. The van der Waals surface area contributed by atoms with E-state index in [9.17, 15) is 0 Å². The SMILES string of the molecule is CC1(C)CCC(C)(C=Cc2ccc(N)cc2)OC1. The number of benzene rings is 1. The first-order valence-electron chi connectivity index (χ1n) is 6.57. The van der Waals surface area contributed by atoms with Gasteiger partial charge in [0.15, 0.2) is 0 Å². The summed E-state index contributed by atoms with van der Waals surface area (Å²) < 4.78 is 6.01. The number of hydrogen-bond donors (Lipinski definition) is 1. The molecule has 98 valence electrons. The molecule has 2 nitrogen and oxygen atoms in total. The van der Waals surface area contributed by atoms with Crippen LogP contribution in [0.3, 0.4) is 0 Å². The quantitative estimate of drug-likeness (QED) is 0.803. The van der Waals surface area contributed by atoms with Gasteiger partial charge < -0.3 is 10.5 Å². The van der Waals surface area contributed by atoms with Crippen LogP contribution in [0.2, 0.25) is 0 Å². The fourth-order valence-corrected chi connectivity index (χ4v) is 2.10. The molecule has 0 amide bonds. The number of rotatable bonds is 2. The zero-order chi connectivity index (χ0) is 13.2. The molecule has 0 radical (unpaired) electrons. The van der Waals surface area contributed by atoms with Crippen molar-refractivity contribution in [2.75, 3.05) is 12.3 Å². The van der Waals surface area contributed by atoms with Gasteiger partial charge in [-0.2, -0.15) is 0 Å². The van der Waals surface area contributed by atoms with Crippen LogP contribution in [-0.2, 0) is 4.74 Å². The molecule has 0 spiro atoms. The predicted octanol–water partition coefficient (Wildman–Crippen LogP) is 3.88. The molecule has 18 heavy (non-hydrogen) atoms. The van der Waals surface area contributed by atoms with Gasteiger partial charge >= 0.3 is 0 Å². The van der Waals surface area contributed by atoms with Crippen LogP contribution in [0.5, 0.6) is 0 Å². The van der Waals surface area contributed by atoms with Crippen LogP contribution in [0.4, 0.5) is 5.69 Å². The van der Waals surface area contributed by atoms with Crippen molar-refractivity contribution in [2.24, 2.45) is 5.41 Å². The van der Waals surface area contributed by atoms with Crippen LogP contribution < -0.4 is 5.73 Å². The molecule has 0 saturated carbocycles. The Morgan fingerprint density at radius 2 is 1.78 bits per heavy atom. The summed E-state index contributed by atoms with van der Waals surface area (Å²) in [6.45, 7) is 7.51. The molecule has 0 aromatic heterocycles. The first kappa shape index (κ1) is 13.2. The Bertz CT molecular complexity index is 421. The zero-order valence-electron chi connectivity index (χ0n) is 11.6.